The number of aromatic nitrogens is 1. The Morgan fingerprint density at radius 3 is 2.59 bits per heavy atom. The van der Waals surface area contributed by atoms with Gasteiger partial charge in [-0.1, -0.05) is 6.07 Å². The van der Waals surface area contributed by atoms with Crippen molar-refractivity contribution in [2.24, 2.45) is 0 Å². The minimum Gasteiger partial charge on any atom is -0.490 e. The first kappa shape index (κ1) is 20.8. The van der Waals surface area contributed by atoms with Gasteiger partial charge in [0.25, 0.3) is 5.91 Å². The summed E-state index contributed by atoms with van der Waals surface area (Å²) in [4.78, 5) is 30.0. The third kappa shape index (κ3) is 6.29. The van der Waals surface area contributed by atoms with Crippen molar-refractivity contribution in [3.8, 4) is 5.75 Å². The first-order chi connectivity index (χ1) is 14.2. The quantitative estimate of drug-likeness (QED) is 0.738. The molecule has 0 saturated carbocycles. The van der Waals surface area contributed by atoms with Crippen molar-refractivity contribution in [1.82, 2.24) is 15.2 Å². The predicted octanol–water partition coefficient (Wildman–Crippen LogP) is 2.07. The highest BCUT2D eigenvalue weighted by Gasteiger charge is 2.23. The van der Waals surface area contributed by atoms with Crippen LogP contribution in [0.1, 0.15) is 28.8 Å². The monoisotopic (exact) mass is 397 g/mol. The number of nitrogens with zero attached hydrogens (tertiary/aromatic N) is 2. The zero-order chi connectivity index (χ0) is 20.5. The van der Waals surface area contributed by atoms with E-state index < -0.39 is 0 Å². The van der Waals surface area contributed by atoms with Crippen LogP contribution in [0.2, 0.25) is 0 Å². The number of pyridine rings is 1. The number of methoxy groups -OCH3 is 1. The van der Waals surface area contributed by atoms with Crippen molar-refractivity contribution < 1.29 is 19.1 Å². The normalized spacial score (nSPS) is 14.4. The van der Waals surface area contributed by atoms with Crippen LogP contribution in [0.4, 0.5) is 0 Å². The lowest BCUT2D eigenvalue weighted by Crippen LogP contribution is -2.43. The van der Waals surface area contributed by atoms with Crippen molar-refractivity contribution in [3.05, 3.63) is 59.9 Å². The van der Waals surface area contributed by atoms with Crippen LogP contribution < -0.4 is 10.1 Å². The Morgan fingerprint density at radius 2 is 1.93 bits per heavy atom. The Kier molecular flexibility index (Phi) is 7.58. The van der Waals surface area contributed by atoms with E-state index in [1.54, 1.807) is 24.5 Å². The van der Waals surface area contributed by atoms with E-state index >= 15 is 0 Å². The molecule has 2 heterocycles. The molecule has 1 aromatic carbocycles. The second kappa shape index (κ2) is 10.6. The summed E-state index contributed by atoms with van der Waals surface area (Å²) in [7, 11) is 1.53. The molecule has 7 heteroatoms. The van der Waals surface area contributed by atoms with Gasteiger partial charge in [-0.3, -0.25) is 14.6 Å². The Labute approximate surface area is 171 Å². The van der Waals surface area contributed by atoms with E-state index in [0.717, 1.165) is 30.6 Å². The van der Waals surface area contributed by atoms with Crippen molar-refractivity contribution >= 4 is 11.8 Å². The molecule has 1 N–H and O–H groups in total. The third-order valence-corrected chi connectivity index (χ3v) is 4.90. The second-order valence-corrected chi connectivity index (χ2v) is 7.02. The number of rotatable bonds is 8. The molecule has 1 saturated heterocycles. The fourth-order valence-electron chi connectivity index (χ4n) is 3.28. The largest absolute Gasteiger partial charge is 0.490 e. The summed E-state index contributed by atoms with van der Waals surface area (Å²) in [5, 5.41) is 2.92. The van der Waals surface area contributed by atoms with Crippen molar-refractivity contribution in [1.29, 1.82) is 0 Å². The first-order valence-corrected chi connectivity index (χ1v) is 9.86. The van der Waals surface area contributed by atoms with Crippen LogP contribution in [0.25, 0.3) is 0 Å². The molecule has 1 fully saturated rings. The van der Waals surface area contributed by atoms with Crippen LogP contribution in [0.15, 0.2) is 48.8 Å². The van der Waals surface area contributed by atoms with Crippen LogP contribution in [0.5, 0.6) is 5.75 Å². The maximum atomic E-state index is 12.3. The standard InChI is InChI=1S/C22H27N3O4/c1-28-16-21(26)25-13-9-20(10-14-25)29-19-6-4-18(5-7-19)22(27)24-12-8-17-3-2-11-23-15-17/h2-7,11,15,20H,8-10,12-14,16H2,1H3,(H,24,27). The molecule has 0 atom stereocenters. The Balaban J connectivity index is 1.42. The van der Waals surface area contributed by atoms with E-state index in [-0.39, 0.29) is 24.5 Å². The minimum absolute atomic E-state index is 0.0184. The van der Waals surface area contributed by atoms with Crippen LogP contribution in [-0.4, -0.2) is 61.2 Å². The van der Waals surface area contributed by atoms with E-state index in [1.807, 2.05) is 29.2 Å². The summed E-state index contributed by atoms with van der Waals surface area (Å²) < 4.78 is 10.9. The fourth-order valence-corrected chi connectivity index (χ4v) is 3.28. The number of piperidine rings is 1. The first-order valence-electron chi connectivity index (χ1n) is 9.86. The van der Waals surface area contributed by atoms with Gasteiger partial charge < -0.3 is 19.7 Å². The van der Waals surface area contributed by atoms with Crippen LogP contribution in [-0.2, 0) is 16.0 Å². The van der Waals surface area contributed by atoms with E-state index in [2.05, 4.69) is 10.3 Å². The molecule has 1 aromatic heterocycles. The summed E-state index contributed by atoms with van der Waals surface area (Å²) in [6.07, 6.45) is 5.91. The molecule has 1 aliphatic heterocycles. The lowest BCUT2D eigenvalue weighted by atomic mass is 10.1. The number of likely N-dealkylation sites (tertiary alicyclic amines) is 1. The van der Waals surface area contributed by atoms with Gasteiger partial charge in [0.1, 0.15) is 18.5 Å². The average Bonchev–Trinajstić information content (AvgIpc) is 2.75. The maximum absolute atomic E-state index is 12.3. The summed E-state index contributed by atoms with van der Waals surface area (Å²) in [5.74, 6) is 0.647. The molecule has 2 aromatic rings. The predicted molar refractivity (Wildman–Crippen MR) is 109 cm³/mol. The number of ether oxygens (including phenoxy) is 2. The molecule has 29 heavy (non-hydrogen) atoms. The molecule has 1 aliphatic rings. The van der Waals surface area contributed by atoms with Gasteiger partial charge in [-0.15, -0.1) is 0 Å². The van der Waals surface area contributed by atoms with Gasteiger partial charge in [0.15, 0.2) is 0 Å². The van der Waals surface area contributed by atoms with Gasteiger partial charge in [-0.25, -0.2) is 0 Å². The van der Waals surface area contributed by atoms with Gasteiger partial charge in [-0.2, -0.15) is 0 Å². The average molecular weight is 397 g/mol. The van der Waals surface area contributed by atoms with E-state index in [0.29, 0.717) is 25.2 Å². The number of carbonyl (C=O) groups is 2. The maximum Gasteiger partial charge on any atom is 0.251 e. The zero-order valence-electron chi connectivity index (χ0n) is 16.7. The molecule has 154 valence electrons. The van der Waals surface area contributed by atoms with Gasteiger partial charge >= 0.3 is 0 Å². The minimum atomic E-state index is -0.106. The topological polar surface area (TPSA) is 80.8 Å². The highest BCUT2D eigenvalue weighted by molar-refractivity contribution is 5.94. The van der Waals surface area contributed by atoms with Crippen LogP contribution in [0, 0.1) is 0 Å². The molecular formula is C22H27N3O4. The van der Waals surface area contributed by atoms with E-state index in [4.69, 9.17) is 9.47 Å². The summed E-state index contributed by atoms with van der Waals surface area (Å²) >= 11 is 0. The van der Waals surface area contributed by atoms with Gasteiger partial charge in [0.2, 0.25) is 5.91 Å². The number of nitrogens with one attached hydrogen (secondary N) is 1. The molecule has 0 spiro atoms. The molecular weight excluding hydrogens is 370 g/mol. The summed E-state index contributed by atoms with van der Waals surface area (Å²) in [6.45, 7) is 2.02. The van der Waals surface area contributed by atoms with Crippen molar-refractivity contribution in [3.63, 3.8) is 0 Å². The highest BCUT2D eigenvalue weighted by atomic mass is 16.5. The van der Waals surface area contributed by atoms with Gasteiger partial charge in [0, 0.05) is 57.5 Å². The van der Waals surface area contributed by atoms with Crippen molar-refractivity contribution in [2.75, 3.05) is 33.4 Å². The number of hydrogen-bond donors (Lipinski definition) is 1. The molecule has 0 bridgehead atoms. The van der Waals surface area contributed by atoms with Crippen molar-refractivity contribution in [2.45, 2.75) is 25.4 Å². The lowest BCUT2D eigenvalue weighted by molar-refractivity contribution is -0.136. The smallest absolute Gasteiger partial charge is 0.251 e. The molecule has 0 aliphatic carbocycles. The molecule has 3 rings (SSSR count). The second-order valence-electron chi connectivity index (χ2n) is 7.02. The Hall–Kier alpha value is -2.93. The summed E-state index contributed by atoms with van der Waals surface area (Å²) in [6, 6.07) is 11.1. The Morgan fingerprint density at radius 1 is 1.17 bits per heavy atom. The lowest BCUT2D eigenvalue weighted by Gasteiger charge is -2.32. The molecule has 2 amide bonds. The fraction of sp³-hybridized carbons (Fsp3) is 0.409. The van der Waals surface area contributed by atoms with Gasteiger partial charge in [-0.05, 0) is 42.3 Å². The SMILES string of the molecule is COCC(=O)N1CCC(Oc2ccc(C(=O)NCCc3cccnc3)cc2)CC1. The number of amides is 2. The van der Waals surface area contributed by atoms with Crippen LogP contribution in [0.3, 0.4) is 0 Å². The van der Waals surface area contributed by atoms with E-state index in [9.17, 15) is 9.59 Å². The molecule has 7 nitrogen and oxygen atoms in total. The third-order valence-electron chi connectivity index (χ3n) is 4.90. The molecule has 0 unspecified atom stereocenters. The van der Waals surface area contributed by atoms with E-state index in [1.165, 1.54) is 7.11 Å². The number of carbonyl (C=O) groups excluding carboxylic acids is 2. The zero-order valence-corrected chi connectivity index (χ0v) is 16.7. The van der Waals surface area contributed by atoms with Crippen LogP contribution >= 0.6 is 0 Å². The molecule has 0 radical (unpaired) electrons. The summed E-state index contributed by atoms with van der Waals surface area (Å²) in [5.41, 5.74) is 1.69. The highest BCUT2D eigenvalue weighted by Crippen LogP contribution is 2.20. The number of benzene rings is 1. The Bertz CT molecular complexity index is 787. The number of hydrogen-bond acceptors (Lipinski definition) is 5. The van der Waals surface area contributed by atoms with Gasteiger partial charge in [0.05, 0.1) is 0 Å².